The minimum Gasteiger partial charge on any atom is -0.340 e. The molecule has 0 aromatic carbocycles. The van der Waals surface area contributed by atoms with Gasteiger partial charge in [-0.05, 0) is 19.4 Å². The number of amides is 2. The Morgan fingerprint density at radius 2 is 2.14 bits per heavy atom. The fourth-order valence-corrected chi connectivity index (χ4v) is 4.22. The number of carbonyl (C=O) groups excluding carboxylic acids is 2. The molecule has 0 spiro atoms. The number of aromatic nitrogens is 2. The summed E-state index contributed by atoms with van der Waals surface area (Å²) in [5.41, 5.74) is 1.58. The summed E-state index contributed by atoms with van der Waals surface area (Å²) in [6.45, 7) is 2.68. The first kappa shape index (κ1) is 15.7. The second-order valence-electron chi connectivity index (χ2n) is 5.36. The van der Waals surface area contributed by atoms with Gasteiger partial charge in [-0.1, -0.05) is 11.3 Å². The van der Waals surface area contributed by atoms with E-state index in [0.717, 1.165) is 44.0 Å². The van der Waals surface area contributed by atoms with E-state index in [1.54, 1.807) is 5.51 Å². The molecule has 2 aliphatic rings. The number of hydrogen-bond acceptors (Lipinski definition) is 7. The van der Waals surface area contributed by atoms with Crippen molar-refractivity contribution in [1.82, 2.24) is 20.0 Å². The van der Waals surface area contributed by atoms with Crippen molar-refractivity contribution in [3.05, 3.63) is 5.51 Å². The van der Waals surface area contributed by atoms with Crippen LogP contribution in [-0.2, 0) is 9.59 Å². The van der Waals surface area contributed by atoms with E-state index in [9.17, 15) is 9.59 Å². The van der Waals surface area contributed by atoms with E-state index < -0.39 is 0 Å². The smallest absolute Gasteiger partial charge is 0.240 e. The molecule has 0 aliphatic carbocycles. The van der Waals surface area contributed by atoms with Crippen molar-refractivity contribution < 1.29 is 9.59 Å². The molecule has 1 atom stereocenters. The van der Waals surface area contributed by atoms with Crippen molar-refractivity contribution in [3.8, 4) is 0 Å². The van der Waals surface area contributed by atoms with Crippen LogP contribution in [0.25, 0.3) is 0 Å². The minimum atomic E-state index is -0.150. The summed E-state index contributed by atoms with van der Waals surface area (Å²) in [5, 5.41) is 10.7. The van der Waals surface area contributed by atoms with Crippen LogP contribution in [-0.4, -0.2) is 75.5 Å². The van der Waals surface area contributed by atoms with Crippen LogP contribution < -0.4 is 5.32 Å². The summed E-state index contributed by atoms with van der Waals surface area (Å²) < 4.78 is 0. The number of rotatable bonds is 4. The highest BCUT2D eigenvalue weighted by Gasteiger charge is 2.35. The summed E-state index contributed by atoms with van der Waals surface area (Å²) in [7, 11) is 0. The Morgan fingerprint density at radius 3 is 2.86 bits per heavy atom. The number of anilines is 1. The first-order valence-corrected chi connectivity index (χ1v) is 9.44. The molecule has 7 nitrogen and oxygen atoms in total. The Labute approximate surface area is 137 Å². The topological polar surface area (TPSA) is 78.4 Å². The maximum absolute atomic E-state index is 12.6. The van der Waals surface area contributed by atoms with Crippen molar-refractivity contribution in [1.29, 1.82) is 0 Å². The molecule has 3 heterocycles. The highest BCUT2D eigenvalue weighted by atomic mass is 32.2. The number of carbonyl (C=O) groups is 2. The van der Waals surface area contributed by atoms with Gasteiger partial charge < -0.3 is 4.90 Å². The largest absolute Gasteiger partial charge is 0.340 e. The number of likely N-dealkylation sites (tertiary alicyclic amines) is 1. The second kappa shape index (κ2) is 7.38. The van der Waals surface area contributed by atoms with E-state index in [0.29, 0.717) is 5.13 Å². The zero-order valence-electron chi connectivity index (χ0n) is 12.2. The van der Waals surface area contributed by atoms with Gasteiger partial charge >= 0.3 is 0 Å². The van der Waals surface area contributed by atoms with Crippen LogP contribution in [0.2, 0.25) is 0 Å². The Hall–Kier alpha value is -1.19. The second-order valence-corrected chi connectivity index (χ2v) is 7.42. The third-order valence-electron chi connectivity index (χ3n) is 3.92. The van der Waals surface area contributed by atoms with Gasteiger partial charge in [0, 0.05) is 24.6 Å². The summed E-state index contributed by atoms with van der Waals surface area (Å²) >= 11 is 3.18. The Morgan fingerprint density at radius 1 is 1.32 bits per heavy atom. The van der Waals surface area contributed by atoms with Crippen LogP contribution in [0.15, 0.2) is 5.51 Å². The SMILES string of the molecule is O=C(CN1CCCC1C(=O)N1CCSCC1)Nc1nncs1. The van der Waals surface area contributed by atoms with Gasteiger partial charge in [-0.25, -0.2) is 0 Å². The molecule has 2 saturated heterocycles. The van der Waals surface area contributed by atoms with Gasteiger partial charge in [0.15, 0.2) is 0 Å². The predicted molar refractivity (Wildman–Crippen MR) is 87.0 cm³/mol. The zero-order valence-corrected chi connectivity index (χ0v) is 13.9. The van der Waals surface area contributed by atoms with E-state index in [2.05, 4.69) is 15.5 Å². The highest BCUT2D eigenvalue weighted by molar-refractivity contribution is 7.99. The average molecular weight is 341 g/mol. The molecule has 3 rings (SSSR count). The quantitative estimate of drug-likeness (QED) is 0.860. The molecule has 0 saturated carbocycles. The lowest BCUT2D eigenvalue weighted by atomic mass is 10.2. The molecule has 22 heavy (non-hydrogen) atoms. The molecule has 1 N–H and O–H groups in total. The zero-order chi connectivity index (χ0) is 15.4. The molecule has 120 valence electrons. The Balaban J connectivity index is 1.55. The lowest BCUT2D eigenvalue weighted by molar-refractivity contribution is -0.136. The standard InChI is InChI=1S/C13H19N5O2S2/c19-11(15-13-16-14-9-22-13)8-18-3-1-2-10(18)12(20)17-4-6-21-7-5-17/h9-10H,1-8H2,(H,15,16,19). The lowest BCUT2D eigenvalue weighted by Crippen LogP contribution is -2.49. The Kier molecular flexibility index (Phi) is 5.27. The predicted octanol–water partition coefficient (Wildman–Crippen LogP) is 0.516. The molecule has 1 aromatic rings. The van der Waals surface area contributed by atoms with Crippen molar-refractivity contribution >= 4 is 40.0 Å². The van der Waals surface area contributed by atoms with Crippen molar-refractivity contribution in [2.45, 2.75) is 18.9 Å². The highest BCUT2D eigenvalue weighted by Crippen LogP contribution is 2.21. The molecule has 2 amide bonds. The van der Waals surface area contributed by atoms with Gasteiger partial charge in [0.1, 0.15) is 5.51 Å². The summed E-state index contributed by atoms with van der Waals surface area (Å²) in [6, 6.07) is -0.150. The molecule has 0 radical (unpaired) electrons. The first-order chi connectivity index (χ1) is 10.7. The summed E-state index contributed by atoms with van der Waals surface area (Å²) in [4.78, 5) is 28.6. The van der Waals surface area contributed by atoms with Crippen LogP contribution in [0.5, 0.6) is 0 Å². The van der Waals surface area contributed by atoms with Gasteiger partial charge in [-0.15, -0.1) is 10.2 Å². The molecule has 1 aromatic heterocycles. The summed E-state index contributed by atoms with van der Waals surface area (Å²) in [5.74, 6) is 2.07. The van der Waals surface area contributed by atoms with Gasteiger partial charge in [-0.3, -0.25) is 19.8 Å². The molecule has 9 heteroatoms. The number of hydrogen-bond donors (Lipinski definition) is 1. The molecule has 0 bridgehead atoms. The summed E-state index contributed by atoms with van der Waals surface area (Å²) in [6.07, 6.45) is 1.81. The maximum Gasteiger partial charge on any atom is 0.240 e. The van der Waals surface area contributed by atoms with E-state index >= 15 is 0 Å². The molecule has 2 aliphatic heterocycles. The molecule has 1 unspecified atom stereocenters. The number of thioether (sulfide) groups is 1. The van der Waals surface area contributed by atoms with E-state index in [-0.39, 0.29) is 24.4 Å². The molecule has 2 fully saturated rings. The van der Waals surface area contributed by atoms with E-state index in [1.165, 1.54) is 11.3 Å². The van der Waals surface area contributed by atoms with Crippen LogP contribution >= 0.6 is 23.1 Å². The monoisotopic (exact) mass is 341 g/mol. The minimum absolute atomic E-state index is 0.134. The van der Waals surface area contributed by atoms with Gasteiger partial charge in [-0.2, -0.15) is 11.8 Å². The van der Waals surface area contributed by atoms with Gasteiger partial charge in [0.25, 0.3) is 0 Å². The lowest BCUT2D eigenvalue weighted by Gasteiger charge is -2.32. The first-order valence-electron chi connectivity index (χ1n) is 7.40. The van der Waals surface area contributed by atoms with Crippen LogP contribution in [0.1, 0.15) is 12.8 Å². The normalized spacial score (nSPS) is 22.7. The van der Waals surface area contributed by atoms with E-state index in [1.807, 2.05) is 21.6 Å². The van der Waals surface area contributed by atoms with Crippen LogP contribution in [0.4, 0.5) is 5.13 Å². The van der Waals surface area contributed by atoms with Crippen LogP contribution in [0.3, 0.4) is 0 Å². The maximum atomic E-state index is 12.6. The third kappa shape index (κ3) is 3.76. The number of nitrogens with zero attached hydrogens (tertiary/aromatic N) is 4. The number of nitrogens with one attached hydrogen (secondary N) is 1. The van der Waals surface area contributed by atoms with Crippen molar-refractivity contribution in [3.63, 3.8) is 0 Å². The van der Waals surface area contributed by atoms with Gasteiger partial charge in [0.2, 0.25) is 16.9 Å². The Bertz CT molecular complexity index is 519. The van der Waals surface area contributed by atoms with E-state index in [4.69, 9.17) is 0 Å². The van der Waals surface area contributed by atoms with Crippen molar-refractivity contribution in [2.24, 2.45) is 0 Å². The molecular weight excluding hydrogens is 322 g/mol. The van der Waals surface area contributed by atoms with Crippen molar-refractivity contribution in [2.75, 3.05) is 43.0 Å². The fourth-order valence-electron chi connectivity index (χ4n) is 2.86. The molecular formula is C13H19N5O2S2. The average Bonchev–Trinajstić information content (AvgIpc) is 3.19. The fraction of sp³-hybridized carbons (Fsp3) is 0.692. The van der Waals surface area contributed by atoms with Gasteiger partial charge in [0.05, 0.1) is 12.6 Å². The van der Waals surface area contributed by atoms with Crippen LogP contribution in [0, 0.1) is 0 Å². The third-order valence-corrected chi connectivity index (χ3v) is 5.47.